The van der Waals surface area contributed by atoms with Crippen LogP contribution in [-0.2, 0) is 14.8 Å². The van der Waals surface area contributed by atoms with Crippen LogP contribution in [0.25, 0.3) is 0 Å². The predicted octanol–water partition coefficient (Wildman–Crippen LogP) is -0.125. The fourth-order valence-corrected chi connectivity index (χ4v) is 1.70. The number of pyridine rings is 1. The lowest BCUT2D eigenvalue weighted by atomic mass is 10.3. The van der Waals surface area contributed by atoms with Crippen molar-refractivity contribution in [3.63, 3.8) is 0 Å². The van der Waals surface area contributed by atoms with Crippen LogP contribution < -0.4 is 10.0 Å². The number of carbonyl (C=O) groups is 1. The Morgan fingerprint density at radius 1 is 1.47 bits per heavy atom. The third kappa shape index (κ3) is 3.40. The van der Waals surface area contributed by atoms with Crippen LogP contribution in [0.4, 0.5) is 5.82 Å². The molecule has 0 aliphatic rings. The molecule has 0 aromatic carbocycles. The molecule has 0 fully saturated rings. The summed E-state index contributed by atoms with van der Waals surface area (Å²) in [5.41, 5.74) is 0. The molecule has 0 aliphatic carbocycles. The van der Waals surface area contributed by atoms with E-state index in [9.17, 15) is 13.2 Å². The Bertz CT molecular complexity index is 497. The number of nitrogens with one attached hydrogen (secondary N) is 2. The van der Waals surface area contributed by atoms with E-state index in [2.05, 4.69) is 15.0 Å². The zero-order valence-electron chi connectivity index (χ0n) is 9.34. The van der Waals surface area contributed by atoms with Gasteiger partial charge in [0.15, 0.2) is 0 Å². The summed E-state index contributed by atoms with van der Waals surface area (Å²) in [7, 11) is -2.22. The molecule has 7 nitrogen and oxygen atoms in total. The van der Waals surface area contributed by atoms with Crippen molar-refractivity contribution in [1.29, 1.82) is 0 Å². The third-order valence-electron chi connectivity index (χ3n) is 2.05. The van der Waals surface area contributed by atoms with Crippen molar-refractivity contribution < 1.29 is 18.3 Å². The number of sulfonamides is 1. The van der Waals surface area contributed by atoms with Gasteiger partial charge in [-0.15, -0.1) is 0 Å². The van der Waals surface area contributed by atoms with Crippen LogP contribution in [0.15, 0.2) is 23.2 Å². The minimum atomic E-state index is -3.52. The second-order valence-electron chi connectivity index (χ2n) is 3.29. The number of nitrogens with zero attached hydrogens (tertiary/aromatic N) is 1. The van der Waals surface area contributed by atoms with Crippen molar-refractivity contribution in [3.05, 3.63) is 18.3 Å². The van der Waals surface area contributed by atoms with Gasteiger partial charge in [0.2, 0.25) is 10.0 Å². The highest BCUT2D eigenvalue weighted by Gasteiger charge is 2.13. The summed E-state index contributed by atoms with van der Waals surface area (Å²) in [6.45, 7) is 1.46. The Morgan fingerprint density at radius 2 is 2.12 bits per heavy atom. The molecular formula is C9H13N3O4S. The fraction of sp³-hybridized carbons (Fsp3) is 0.333. The van der Waals surface area contributed by atoms with Gasteiger partial charge in [0, 0.05) is 6.20 Å². The van der Waals surface area contributed by atoms with Crippen LogP contribution in [0.2, 0.25) is 0 Å². The van der Waals surface area contributed by atoms with E-state index < -0.39 is 22.0 Å². The normalized spacial score (nSPS) is 13.1. The van der Waals surface area contributed by atoms with Gasteiger partial charge in [-0.1, -0.05) is 0 Å². The highest BCUT2D eigenvalue weighted by Crippen LogP contribution is 2.10. The van der Waals surface area contributed by atoms with E-state index in [1.54, 1.807) is 0 Å². The van der Waals surface area contributed by atoms with Gasteiger partial charge in [0.1, 0.15) is 16.8 Å². The minimum absolute atomic E-state index is 0.0218. The van der Waals surface area contributed by atoms with Gasteiger partial charge in [-0.25, -0.2) is 18.1 Å². The van der Waals surface area contributed by atoms with Crippen molar-refractivity contribution in [2.24, 2.45) is 0 Å². The first-order valence-corrected chi connectivity index (χ1v) is 6.24. The largest absolute Gasteiger partial charge is 0.480 e. The van der Waals surface area contributed by atoms with Crippen molar-refractivity contribution in [2.75, 3.05) is 12.4 Å². The van der Waals surface area contributed by atoms with Crippen molar-refractivity contribution in [1.82, 2.24) is 9.71 Å². The molecular weight excluding hydrogens is 246 g/mol. The fourth-order valence-electron chi connectivity index (χ4n) is 1.03. The molecule has 0 radical (unpaired) electrons. The van der Waals surface area contributed by atoms with Crippen LogP contribution in [0, 0.1) is 0 Å². The molecule has 1 rings (SSSR count). The number of rotatable bonds is 5. The lowest BCUT2D eigenvalue weighted by Crippen LogP contribution is -2.26. The van der Waals surface area contributed by atoms with Gasteiger partial charge >= 0.3 is 5.97 Å². The van der Waals surface area contributed by atoms with Gasteiger partial charge in [-0.05, 0) is 26.1 Å². The topological polar surface area (TPSA) is 108 Å². The molecule has 0 unspecified atom stereocenters. The van der Waals surface area contributed by atoms with E-state index in [4.69, 9.17) is 5.11 Å². The minimum Gasteiger partial charge on any atom is -0.480 e. The average Bonchev–Trinajstić information content (AvgIpc) is 2.29. The van der Waals surface area contributed by atoms with Gasteiger partial charge in [0.25, 0.3) is 0 Å². The van der Waals surface area contributed by atoms with E-state index in [0.717, 1.165) is 6.20 Å². The van der Waals surface area contributed by atoms with E-state index >= 15 is 0 Å². The first kappa shape index (κ1) is 13.4. The maximum Gasteiger partial charge on any atom is 0.325 e. The summed E-state index contributed by atoms with van der Waals surface area (Å²) in [5, 5.41) is 11.3. The smallest absolute Gasteiger partial charge is 0.325 e. The molecule has 1 heterocycles. The summed E-state index contributed by atoms with van der Waals surface area (Å²) < 4.78 is 24.9. The second-order valence-corrected chi connectivity index (χ2v) is 5.18. The Kier molecular flexibility index (Phi) is 4.02. The van der Waals surface area contributed by atoms with Crippen molar-refractivity contribution in [2.45, 2.75) is 17.9 Å². The average molecular weight is 259 g/mol. The number of aliphatic carboxylic acids is 1. The zero-order valence-corrected chi connectivity index (χ0v) is 10.2. The number of carboxylic acid groups (broad SMARTS) is 1. The molecule has 0 saturated heterocycles. The molecule has 3 N–H and O–H groups in total. The molecule has 0 saturated carbocycles. The Labute approximate surface area is 98.9 Å². The van der Waals surface area contributed by atoms with Crippen molar-refractivity contribution >= 4 is 21.8 Å². The Hall–Kier alpha value is -1.67. The molecule has 17 heavy (non-hydrogen) atoms. The van der Waals surface area contributed by atoms with Crippen LogP contribution in [-0.4, -0.2) is 37.6 Å². The standard InChI is InChI=1S/C9H13N3O4S/c1-6(9(13)14)12-8-4-3-7(5-11-8)17(15,16)10-2/h3-6,10H,1-2H3,(H,11,12)(H,13,14)/t6-/m1/s1. The predicted molar refractivity (Wildman–Crippen MR) is 61.2 cm³/mol. The quantitative estimate of drug-likeness (QED) is 0.680. The highest BCUT2D eigenvalue weighted by molar-refractivity contribution is 7.89. The summed E-state index contributed by atoms with van der Waals surface area (Å²) in [5.74, 6) is -0.714. The lowest BCUT2D eigenvalue weighted by Gasteiger charge is -2.10. The monoisotopic (exact) mass is 259 g/mol. The van der Waals surface area contributed by atoms with Gasteiger partial charge in [-0.3, -0.25) is 4.79 Å². The number of aromatic nitrogens is 1. The third-order valence-corrected chi connectivity index (χ3v) is 3.45. The van der Waals surface area contributed by atoms with Crippen LogP contribution in [0.1, 0.15) is 6.92 Å². The molecule has 0 spiro atoms. The summed E-state index contributed by atoms with van der Waals surface area (Å²) in [6.07, 6.45) is 1.16. The molecule has 0 bridgehead atoms. The summed E-state index contributed by atoms with van der Waals surface area (Å²) in [4.78, 5) is 14.4. The molecule has 0 aliphatic heterocycles. The summed E-state index contributed by atoms with van der Waals surface area (Å²) >= 11 is 0. The van der Waals surface area contributed by atoms with Gasteiger partial charge in [-0.2, -0.15) is 0 Å². The SMILES string of the molecule is CNS(=O)(=O)c1ccc(N[C@H](C)C(=O)O)nc1. The lowest BCUT2D eigenvalue weighted by molar-refractivity contribution is -0.137. The number of anilines is 1. The number of hydrogen-bond donors (Lipinski definition) is 3. The first-order valence-electron chi connectivity index (χ1n) is 4.76. The van der Waals surface area contributed by atoms with Crippen LogP contribution in [0.5, 0.6) is 0 Å². The first-order chi connectivity index (χ1) is 7.86. The van der Waals surface area contributed by atoms with E-state index in [-0.39, 0.29) is 4.90 Å². The molecule has 1 aromatic rings. The van der Waals surface area contributed by atoms with Gasteiger partial charge < -0.3 is 10.4 Å². The van der Waals surface area contributed by atoms with E-state index in [0.29, 0.717) is 5.82 Å². The number of carboxylic acids is 1. The van der Waals surface area contributed by atoms with Crippen LogP contribution in [0.3, 0.4) is 0 Å². The van der Waals surface area contributed by atoms with Crippen LogP contribution >= 0.6 is 0 Å². The molecule has 1 aromatic heterocycles. The highest BCUT2D eigenvalue weighted by atomic mass is 32.2. The molecule has 8 heteroatoms. The zero-order chi connectivity index (χ0) is 13.1. The molecule has 0 amide bonds. The molecule has 1 atom stereocenters. The Balaban J connectivity index is 2.86. The maximum absolute atomic E-state index is 11.4. The second kappa shape index (κ2) is 5.11. The number of hydrogen-bond acceptors (Lipinski definition) is 5. The maximum atomic E-state index is 11.4. The van der Waals surface area contributed by atoms with Gasteiger partial charge in [0.05, 0.1) is 0 Å². The Morgan fingerprint density at radius 3 is 2.53 bits per heavy atom. The van der Waals surface area contributed by atoms with E-state index in [1.165, 1.54) is 26.1 Å². The summed E-state index contributed by atoms with van der Waals surface area (Å²) in [6, 6.07) is 1.95. The molecule has 94 valence electrons. The van der Waals surface area contributed by atoms with E-state index in [1.807, 2.05) is 0 Å². The van der Waals surface area contributed by atoms with Crippen molar-refractivity contribution in [3.8, 4) is 0 Å².